The van der Waals surface area contributed by atoms with Crippen molar-refractivity contribution >= 4 is 6.09 Å². The van der Waals surface area contributed by atoms with E-state index in [9.17, 15) is 9.90 Å². The molecule has 1 N–H and O–H groups in total. The molecule has 3 atom stereocenters. The van der Waals surface area contributed by atoms with E-state index in [4.69, 9.17) is 14.2 Å². The fourth-order valence-electron chi connectivity index (χ4n) is 3.33. The van der Waals surface area contributed by atoms with Crippen molar-refractivity contribution in [2.24, 2.45) is 0 Å². The summed E-state index contributed by atoms with van der Waals surface area (Å²) in [5, 5.41) is 10.6. The van der Waals surface area contributed by atoms with Gasteiger partial charge in [0.1, 0.15) is 6.61 Å². The zero-order valence-electron chi connectivity index (χ0n) is 18.3. The van der Waals surface area contributed by atoms with Crippen molar-refractivity contribution in [3.8, 4) is 0 Å². The van der Waals surface area contributed by atoms with E-state index in [1.807, 2.05) is 81.4 Å². The molecule has 0 spiro atoms. The molecule has 0 saturated heterocycles. The van der Waals surface area contributed by atoms with Gasteiger partial charge in [-0.15, -0.1) is 0 Å². The molecule has 6 heteroatoms. The molecule has 31 heavy (non-hydrogen) atoms. The van der Waals surface area contributed by atoms with Gasteiger partial charge in [-0.3, -0.25) is 4.90 Å². The summed E-state index contributed by atoms with van der Waals surface area (Å²) in [6, 6.07) is 18.6. The number of carbonyl (C=O) groups excluding carboxylic acids is 1. The Labute approximate surface area is 184 Å². The number of rotatable bonds is 7. The summed E-state index contributed by atoms with van der Waals surface area (Å²) < 4.78 is 17.5. The summed E-state index contributed by atoms with van der Waals surface area (Å²) in [5.74, 6) is 0. The van der Waals surface area contributed by atoms with E-state index >= 15 is 0 Å². The minimum absolute atomic E-state index is 0.135. The van der Waals surface area contributed by atoms with Crippen LogP contribution in [-0.4, -0.2) is 46.7 Å². The predicted octanol–water partition coefficient (Wildman–Crippen LogP) is 4.28. The van der Waals surface area contributed by atoms with Crippen LogP contribution < -0.4 is 0 Å². The zero-order chi connectivity index (χ0) is 22.3. The summed E-state index contributed by atoms with van der Waals surface area (Å²) in [6.07, 6.45) is 1.22. The summed E-state index contributed by atoms with van der Waals surface area (Å²) >= 11 is 0. The Morgan fingerprint density at radius 3 is 2.10 bits per heavy atom. The van der Waals surface area contributed by atoms with Crippen molar-refractivity contribution in [1.29, 1.82) is 0 Å². The Morgan fingerprint density at radius 2 is 1.52 bits per heavy atom. The van der Waals surface area contributed by atoms with Gasteiger partial charge >= 0.3 is 6.09 Å². The molecule has 0 radical (unpaired) electrons. The number of hydrogen-bond acceptors (Lipinski definition) is 5. The maximum absolute atomic E-state index is 13.1. The fraction of sp³-hybridized carbons (Fsp3) is 0.400. The third kappa shape index (κ3) is 6.92. The highest BCUT2D eigenvalue weighted by molar-refractivity contribution is 5.69. The molecule has 1 aliphatic heterocycles. The van der Waals surface area contributed by atoms with E-state index in [2.05, 4.69) is 0 Å². The van der Waals surface area contributed by atoms with Crippen molar-refractivity contribution in [3.63, 3.8) is 0 Å². The monoisotopic (exact) mass is 425 g/mol. The second-order valence-electron chi connectivity index (χ2n) is 8.51. The number of amides is 1. The van der Waals surface area contributed by atoms with Gasteiger partial charge in [0.15, 0.2) is 6.23 Å². The first-order valence-electron chi connectivity index (χ1n) is 10.5. The Balaban J connectivity index is 1.72. The zero-order valence-corrected chi connectivity index (χ0v) is 18.3. The molecular weight excluding hydrogens is 394 g/mol. The number of ether oxygens (including phenoxy) is 3. The van der Waals surface area contributed by atoms with E-state index in [-0.39, 0.29) is 13.2 Å². The van der Waals surface area contributed by atoms with E-state index in [1.165, 1.54) is 4.90 Å². The molecule has 0 aliphatic carbocycles. The summed E-state index contributed by atoms with van der Waals surface area (Å²) in [7, 11) is 0. The van der Waals surface area contributed by atoms with Crippen LogP contribution in [0.1, 0.15) is 31.9 Å². The van der Waals surface area contributed by atoms with Gasteiger partial charge in [-0.05, 0) is 38.0 Å². The molecule has 6 nitrogen and oxygen atoms in total. The Morgan fingerprint density at radius 1 is 0.935 bits per heavy atom. The first kappa shape index (κ1) is 23.0. The summed E-state index contributed by atoms with van der Waals surface area (Å²) in [4.78, 5) is 14.5. The highest BCUT2D eigenvalue weighted by Crippen LogP contribution is 2.25. The average Bonchev–Trinajstić information content (AvgIpc) is 2.74. The number of aliphatic hydroxyl groups excluding tert-OH is 1. The van der Waals surface area contributed by atoms with Crippen molar-refractivity contribution in [2.75, 3.05) is 6.61 Å². The van der Waals surface area contributed by atoms with Crippen molar-refractivity contribution < 1.29 is 24.1 Å². The summed E-state index contributed by atoms with van der Waals surface area (Å²) in [6.45, 7) is 6.41. The molecule has 1 amide bonds. The maximum Gasteiger partial charge on any atom is 0.412 e. The molecule has 2 aromatic carbocycles. The van der Waals surface area contributed by atoms with E-state index in [0.29, 0.717) is 6.61 Å². The van der Waals surface area contributed by atoms with Gasteiger partial charge < -0.3 is 19.3 Å². The third-order valence-electron chi connectivity index (χ3n) is 4.79. The van der Waals surface area contributed by atoms with Crippen molar-refractivity contribution in [1.82, 2.24) is 4.90 Å². The quantitative estimate of drug-likeness (QED) is 0.671. The van der Waals surface area contributed by atoms with Crippen LogP contribution in [0.5, 0.6) is 0 Å². The predicted molar refractivity (Wildman–Crippen MR) is 118 cm³/mol. The van der Waals surface area contributed by atoms with Crippen LogP contribution in [0.15, 0.2) is 72.8 Å². The van der Waals surface area contributed by atoms with Gasteiger partial charge in [-0.25, -0.2) is 4.79 Å². The second kappa shape index (κ2) is 10.6. The average molecular weight is 426 g/mol. The highest BCUT2D eigenvalue weighted by atomic mass is 16.6. The molecule has 0 unspecified atom stereocenters. The molecule has 166 valence electrons. The molecule has 1 aliphatic rings. The van der Waals surface area contributed by atoms with Crippen LogP contribution in [0.4, 0.5) is 4.79 Å². The lowest BCUT2D eigenvalue weighted by Crippen LogP contribution is -2.57. The van der Waals surface area contributed by atoms with E-state index < -0.39 is 30.1 Å². The number of nitrogens with zero attached hydrogens (tertiary/aromatic N) is 1. The van der Waals surface area contributed by atoms with Crippen molar-refractivity contribution in [3.05, 3.63) is 83.9 Å². The van der Waals surface area contributed by atoms with Gasteiger partial charge in [-0.2, -0.15) is 0 Å². The molecule has 1 heterocycles. The first-order valence-corrected chi connectivity index (χ1v) is 10.5. The SMILES string of the molecule is CC(C)(C)O[C@@H]1C=C[C@H](O)[C@@H](COCc2ccccc2)N1C(=O)OCc1ccccc1. The number of benzene rings is 2. The topological polar surface area (TPSA) is 68.2 Å². The maximum atomic E-state index is 13.1. The first-order chi connectivity index (χ1) is 14.8. The lowest BCUT2D eigenvalue weighted by atomic mass is 10.0. The summed E-state index contributed by atoms with van der Waals surface area (Å²) in [5.41, 5.74) is 1.41. The van der Waals surface area contributed by atoms with Gasteiger partial charge in [-0.1, -0.05) is 66.7 Å². The Hall–Kier alpha value is -2.67. The lowest BCUT2D eigenvalue weighted by Gasteiger charge is -2.42. The third-order valence-corrected chi connectivity index (χ3v) is 4.79. The van der Waals surface area contributed by atoms with Crippen LogP contribution in [0.2, 0.25) is 0 Å². The van der Waals surface area contributed by atoms with E-state index in [1.54, 1.807) is 12.2 Å². The number of aliphatic hydroxyl groups is 1. The smallest absolute Gasteiger partial charge is 0.412 e. The van der Waals surface area contributed by atoms with Gasteiger partial charge in [0, 0.05) is 0 Å². The molecule has 2 aromatic rings. The number of hydrogen-bond donors (Lipinski definition) is 1. The molecule has 0 saturated carbocycles. The van der Waals surface area contributed by atoms with Crippen LogP contribution in [-0.2, 0) is 27.4 Å². The lowest BCUT2D eigenvalue weighted by molar-refractivity contribution is -0.136. The van der Waals surface area contributed by atoms with Crippen LogP contribution in [0.3, 0.4) is 0 Å². The second-order valence-corrected chi connectivity index (χ2v) is 8.51. The Kier molecular flexibility index (Phi) is 7.85. The van der Waals surface area contributed by atoms with E-state index in [0.717, 1.165) is 11.1 Å². The minimum atomic E-state index is -0.889. The van der Waals surface area contributed by atoms with Crippen LogP contribution in [0.25, 0.3) is 0 Å². The number of carbonyl (C=O) groups is 1. The van der Waals surface area contributed by atoms with Crippen LogP contribution in [0, 0.1) is 0 Å². The molecule has 3 rings (SSSR count). The van der Waals surface area contributed by atoms with Gasteiger partial charge in [0.2, 0.25) is 0 Å². The van der Waals surface area contributed by atoms with Gasteiger partial charge in [0.25, 0.3) is 0 Å². The van der Waals surface area contributed by atoms with Gasteiger partial charge in [0.05, 0.1) is 31.0 Å². The molecule has 0 bridgehead atoms. The largest absolute Gasteiger partial charge is 0.444 e. The molecule has 0 aromatic heterocycles. The normalized spacial score (nSPS) is 21.2. The molecule has 0 fully saturated rings. The highest BCUT2D eigenvalue weighted by Gasteiger charge is 2.40. The standard InChI is InChI=1S/C25H31NO5/c1-25(2,3)31-23-15-14-22(27)21(18-29-16-19-10-6-4-7-11-19)26(23)24(28)30-17-20-12-8-5-9-13-20/h4-15,21-23,27H,16-18H2,1-3H3/t21-,22+,23-/m1/s1. The minimum Gasteiger partial charge on any atom is -0.444 e. The van der Waals surface area contributed by atoms with Crippen molar-refractivity contribution in [2.45, 2.75) is 58.0 Å². The molecular formula is C25H31NO5. The van der Waals surface area contributed by atoms with Crippen LogP contribution >= 0.6 is 0 Å². The fourth-order valence-corrected chi connectivity index (χ4v) is 3.33. The Bertz CT molecular complexity index is 847.